The van der Waals surface area contributed by atoms with E-state index in [0.29, 0.717) is 19.3 Å². The standard InChI is InChI=1S/C64H110O6/c1-4-7-10-13-16-19-22-25-28-31-33-36-39-42-45-48-51-54-57-63(66)69-60-61(59-68-62(65)56-53-50-47-44-41-38-35-30-27-24-21-18-15-12-9-6-3)70-64(67)58-55-52-49-46-43-40-37-34-32-29-26-23-20-17-14-11-8-5-2/h9,12,18,21-22,25,27-28,30-31,33,36,38,41,61H,4-8,10-11,13-17,19-20,23-24,26,29,32,34-35,37,39-40,42-60H2,1-3H3/b12-9-,21-18-,25-22-,30-27-,31-28-,36-33-,41-38-. The van der Waals surface area contributed by atoms with Gasteiger partial charge in [-0.25, -0.2) is 0 Å². The number of hydrogen-bond donors (Lipinski definition) is 0. The summed E-state index contributed by atoms with van der Waals surface area (Å²) in [5.74, 6) is -0.935. The highest BCUT2D eigenvalue weighted by Gasteiger charge is 2.19. The predicted octanol–water partition coefficient (Wildman–Crippen LogP) is 19.9. The lowest BCUT2D eigenvalue weighted by molar-refractivity contribution is -0.167. The van der Waals surface area contributed by atoms with Crippen LogP contribution in [0.15, 0.2) is 85.1 Å². The summed E-state index contributed by atoms with van der Waals surface area (Å²) in [5.41, 5.74) is 0. The first-order chi connectivity index (χ1) is 34.5. The summed E-state index contributed by atoms with van der Waals surface area (Å²) in [6.45, 7) is 6.49. The maximum Gasteiger partial charge on any atom is 0.306 e. The van der Waals surface area contributed by atoms with E-state index in [-0.39, 0.29) is 31.1 Å². The van der Waals surface area contributed by atoms with Crippen LogP contribution in [0.5, 0.6) is 0 Å². The third kappa shape index (κ3) is 55.5. The van der Waals surface area contributed by atoms with Crippen LogP contribution in [0.4, 0.5) is 0 Å². The van der Waals surface area contributed by atoms with Gasteiger partial charge >= 0.3 is 17.9 Å². The molecule has 0 bridgehead atoms. The van der Waals surface area contributed by atoms with E-state index in [1.165, 1.54) is 128 Å². The van der Waals surface area contributed by atoms with Crippen LogP contribution in [0.1, 0.15) is 284 Å². The van der Waals surface area contributed by atoms with Gasteiger partial charge in [0.15, 0.2) is 6.10 Å². The number of carbonyl (C=O) groups excluding carboxylic acids is 3. The molecule has 1 unspecified atom stereocenters. The van der Waals surface area contributed by atoms with Crippen molar-refractivity contribution in [3.63, 3.8) is 0 Å². The summed E-state index contributed by atoms with van der Waals surface area (Å²) < 4.78 is 16.9. The van der Waals surface area contributed by atoms with Gasteiger partial charge in [-0.2, -0.15) is 0 Å². The van der Waals surface area contributed by atoms with Gasteiger partial charge < -0.3 is 14.2 Å². The number of rotatable bonds is 53. The fraction of sp³-hybridized carbons (Fsp3) is 0.734. The molecule has 0 saturated heterocycles. The van der Waals surface area contributed by atoms with Crippen LogP contribution in [0.2, 0.25) is 0 Å². The van der Waals surface area contributed by atoms with Crippen molar-refractivity contribution < 1.29 is 28.6 Å². The van der Waals surface area contributed by atoms with Crippen LogP contribution in [0, 0.1) is 0 Å². The lowest BCUT2D eigenvalue weighted by atomic mass is 10.0. The van der Waals surface area contributed by atoms with Gasteiger partial charge in [-0.1, -0.05) is 266 Å². The summed E-state index contributed by atoms with van der Waals surface area (Å²) in [5, 5.41) is 0. The van der Waals surface area contributed by atoms with E-state index in [1.54, 1.807) is 0 Å². The van der Waals surface area contributed by atoms with Crippen molar-refractivity contribution in [2.24, 2.45) is 0 Å². The molecular weight excluding hydrogens is 865 g/mol. The second-order valence-electron chi connectivity index (χ2n) is 19.6. The molecule has 0 aromatic heterocycles. The summed E-state index contributed by atoms with van der Waals surface area (Å²) >= 11 is 0. The van der Waals surface area contributed by atoms with Crippen LogP contribution in [0.25, 0.3) is 0 Å². The zero-order chi connectivity index (χ0) is 50.7. The highest BCUT2D eigenvalue weighted by Crippen LogP contribution is 2.16. The van der Waals surface area contributed by atoms with Crippen LogP contribution < -0.4 is 0 Å². The smallest absolute Gasteiger partial charge is 0.306 e. The van der Waals surface area contributed by atoms with Crippen molar-refractivity contribution in [2.75, 3.05) is 13.2 Å². The molecule has 6 nitrogen and oxygen atoms in total. The number of allylic oxidation sites excluding steroid dienone is 14. The largest absolute Gasteiger partial charge is 0.462 e. The van der Waals surface area contributed by atoms with Gasteiger partial charge in [-0.15, -0.1) is 0 Å². The molecule has 0 radical (unpaired) electrons. The SMILES string of the molecule is CC/C=C\C/C=C\C/C=C\C/C=C\CCCCCC(=O)OCC(COC(=O)CCCCCCC\C=C/C=C\C=C/CCCCCCC)OC(=O)CCCCCCCCCCCCCCCCCCCC. The Morgan fingerprint density at radius 1 is 0.314 bits per heavy atom. The lowest BCUT2D eigenvalue weighted by Crippen LogP contribution is -2.30. The molecule has 402 valence electrons. The van der Waals surface area contributed by atoms with Gasteiger partial charge in [0.1, 0.15) is 13.2 Å². The Bertz CT molecular complexity index is 1350. The molecule has 0 N–H and O–H groups in total. The molecule has 0 aliphatic carbocycles. The van der Waals surface area contributed by atoms with E-state index in [9.17, 15) is 14.4 Å². The van der Waals surface area contributed by atoms with E-state index in [0.717, 1.165) is 116 Å². The Morgan fingerprint density at radius 3 is 1.00 bits per heavy atom. The molecule has 0 heterocycles. The minimum atomic E-state index is -0.798. The predicted molar refractivity (Wildman–Crippen MR) is 302 cm³/mol. The Hall–Kier alpha value is -3.41. The second-order valence-corrected chi connectivity index (χ2v) is 19.6. The van der Waals surface area contributed by atoms with E-state index in [1.807, 2.05) is 0 Å². The lowest BCUT2D eigenvalue weighted by Gasteiger charge is -2.18. The number of ether oxygens (including phenoxy) is 3. The molecule has 0 aromatic carbocycles. The van der Waals surface area contributed by atoms with Gasteiger partial charge in [0.2, 0.25) is 0 Å². The van der Waals surface area contributed by atoms with Crippen molar-refractivity contribution in [1.82, 2.24) is 0 Å². The summed E-state index contributed by atoms with van der Waals surface area (Å²) in [6.07, 6.45) is 75.7. The Labute approximate surface area is 433 Å². The molecule has 0 saturated carbocycles. The zero-order valence-corrected chi connectivity index (χ0v) is 46.0. The fourth-order valence-corrected chi connectivity index (χ4v) is 8.26. The number of carbonyl (C=O) groups is 3. The Morgan fingerprint density at radius 2 is 0.614 bits per heavy atom. The minimum Gasteiger partial charge on any atom is -0.462 e. The van der Waals surface area contributed by atoms with Crippen LogP contribution in [-0.4, -0.2) is 37.2 Å². The molecule has 0 rings (SSSR count). The van der Waals surface area contributed by atoms with Crippen LogP contribution >= 0.6 is 0 Å². The van der Waals surface area contributed by atoms with Crippen LogP contribution in [-0.2, 0) is 28.6 Å². The third-order valence-electron chi connectivity index (χ3n) is 12.7. The maximum atomic E-state index is 12.9. The Balaban J connectivity index is 4.45. The molecule has 1 atom stereocenters. The van der Waals surface area contributed by atoms with E-state index >= 15 is 0 Å². The number of hydrogen-bond acceptors (Lipinski definition) is 6. The van der Waals surface area contributed by atoms with Gasteiger partial charge in [-0.05, 0) is 83.5 Å². The first-order valence-corrected chi connectivity index (χ1v) is 29.6. The quantitative estimate of drug-likeness (QED) is 0.0199. The maximum absolute atomic E-state index is 12.9. The van der Waals surface area contributed by atoms with Gasteiger partial charge in [0.25, 0.3) is 0 Å². The van der Waals surface area contributed by atoms with E-state index < -0.39 is 6.10 Å². The molecule has 0 aliphatic heterocycles. The van der Waals surface area contributed by atoms with Crippen LogP contribution in [0.3, 0.4) is 0 Å². The number of unbranched alkanes of at least 4 members (excludes halogenated alkanes) is 30. The monoisotopic (exact) mass is 975 g/mol. The summed E-state index contributed by atoms with van der Waals surface area (Å²) in [4.78, 5) is 38.2. The summed E-state index contributed by atoms with van der Waals surface area (Å²) in [7, 11) is 0. The normalized spacial score (nSPS) is 12.7. The molecule has 70 heavy (non-hydrogen) atoms. The van der Waals surface area contributed by atoms with E-state index in [4.69, 9.17) is 14.2 Å². The molecule has 6 heteroatoms. The van der Waals surface area contributed by atoms with Crippen molar-refractivity contribution in [1.29, 1.82) is 0 Å². The summed E-state index contributed by atoms with van der Waals surface area (Å²) in [6, 6.07) is 0. The molecule has 0 aliphatic rings. The van der Waals surface area contributed by atoms with Gasteiger partial charge in [0, 0.05) is 19.3 Å². The zero-order valence-electron chi connectivity index (χ0n) is 46.0. The Kier molecular flexibility index (Phi) is 55.3. The van der Waals surface area contributed by atoms with Crippen molar-refractivity contribution in [3.8, 4) is 0 Å². The first-order valence-electron chi connectivity index (χ1n) is 29.6. The van der Waals surface area contributed by atoms with E-state index in [2.05, 4.69) is 106 Å². The average molecular weight is 976 g/mol. The van der Waals surface area contributed by atoms with Crippen molar-refractivity contribution in [2.45, 2.75) is 290 Å². The van der Waals surface area contributed by atoms with Gasteiger partial charge in [0.05, 0.1) is 0 Å². The molecule has 0 fully saturated rings. The highest BCUT2D eigenvalue weighted by atomic mass is 16.6. The van der Waals surface area contributed by atoms with Crippen molar-refractivity contribution >= 4 is 17.9 Å². The van der Waals surface area contributed by atoms with Crippen molar-refractivity contribution in [3.05, 3.63) is 85.1 Å². The molecule has 0 amide bonds. The first kappa shape index (κ1) is 66.6. The highest BCUT2D eigenvalue weighted by molar-refractivity contribution is 5.71. The topological polar surface area (TPSA) is 78.9 Å². The second kappa shape index (κ2) is 58.2. The minimum absolute atomic E-state index is 0.0958. The van der Waals surface area contributed by atoms with Gasteiger partial charge in [-0.3, -0.25) is 14.4 Å². The third-order valence-corrected chi connectivity index (χ3v) is 12.7. The molecule has 0 aromatic rings. The number of esters is 3. The molecular formula is C64H110O6. The average Bonchev–Trinajstić information content (AvgIpc) is 3.36. The fourth-order valence-electron chi connectivity index (χ4n) is 8.26. The molecule has 0 spiro atoms.